The van der Waals surface area contributed by atoms with E-state index in [-0.39, 0.29) is 11.2 Å². The Hall–Kier alpha value is -1.37. The Morgan fingerprint density at radius 3 is 2.07 bits per heavy atom. The fourth-order valence-corrected chi connectivity index (χ4v) is 1.98. The molecule has 0 bridgehead atoms. The highest BCUT2D eigenvalue weighted by atomic mass is 19.1. The molecule has 0 saturated heterocycles. The number of benzene rings is 1. The van der Waals surface area contributed by atoms with Gasteiger partial charge in [-0.25, -0.2) is 4.39 Å². The molecule has 0 spiro atoms. The summed E-state index contributed by atoms with van der Waals surface area (Å²) in [6, 6.07) is 6.80. The van der Waals surface area contributed by atoms with Gasteiger partial charge >= 0.3 is 0 Å². The van der Waals surface area contributed by atoms with Crippen LogP contribution in [0.25, 0.3) is 0 Å². The first-order chi connectivity index (χ1) is 7.10. The summed E-state index contributed by atoms with van der Waals surface area (Å²) in [6.07, 6.45) is 8.50. The average Bonchev–Trinajstić information content (AvgIpc) is 2.71. The van der Waals surface area contributed by atoms with Crippen LogP contribution in [-0.2, 0) is 5.41 Å². The number of hydrogen-bond donors (Lipinski definition) is 0. The van der Waals surface area contributed by atoms with E-state index in [0.717, 1.165) is 0 Å². The molecule has 0 N–H and O–H groups in total. The number of allylic oxidation sites excluding steroid dienone is 4. The van der Waals surface area contributed by atoms with Crippen LogP contribution >= 0.6 is 0 Å². The van der Waals surface area contributed by atoms with Gasteiger partial charge in [-0.15, -0.1) is 0 Å². The molecular weight excluding hydrogens is 187 g/mol. The molecule has 1 aliphatic carbocycles. The van der Waals surface area contributed by atoms with E-state index in [0.29, 0.717) is 5.92 Å². The molecule has 0 unspecified atom stereocenters. The lowest BCUT2D eigenvalue weighted by Crippen LogP contribution is -2.25. The van der Waals surface area contributed by atoms with Gasteiger partial charge in [0.15, 0.2) is 0 Å². The highest BCUT2D eigenvalue weighted by molar-refractivity contribution is 5.32. The van der Waals surface area contributed by atoms with Crippen LogP contribution in [0.3, 0.4) is 0 Å². The van der Waals surface area contributed by atoms with Gasteiger partial charge in [0.25, 0.3) is 0 Å². The molecule has 1 aliphatic rings. The van der Waals surface area contributed by atoms with Crippen LogP contribution in [0.15, 0.2) is 48.6 Å². The summed E-state index contributed by atoms with van der Waals surface area (Å²) < 4.78 is 12.8. The van der Waals surface area contributed by atoms with Crippen LogP contribution in [0, 0.1) is 11.7 Å². The number of halogens is 1. The maximum atomic E-state index is 12.8. The van der Waals surface area contributed by atoms with E-state index in [2.05, 4.69) is 38.2 Å². The third-order valence-electron chi connectivity index (χ3n) is 3.17. The minimum absolute atomic E-state index is 0.0250. The summed E-state index contributed by atoms with van der Waals surface area (Å²) >= 11 is 0. The number of rotatable bonds is 2. The quantitative estimate of drug-likeness (QED) is 0.683. The first kappa shape index (κ1) is 10.2. The summed E-state index contributed by atoms with van der Waals surface area (Å²) in [7, 11) is 0. The van der Waals surface area contributed by atoms with Gasteiger partial charge in [0, 0.05) is 5.92 Å². The lowest BCUT2D eigenvalue weighted by Gasteiger charge is -2.30. The Balaban J connectivity index is 2.32. The second kappa shape index (κ2) is 3.65. The Labute approximate surface area is 90.1 Å². The molecule has 1 heteroatoms. The van der Waals surface area contributed by atoms with E-state index in [4.69, 9.17) is 0 Å². The fourth-order valence-electron chi connectivity index (χ4n) is 1.98. The summed E-state index contributed by atoms with van der Waals surface area (Å²) in [5, 5.41) is 0. The molecule has 0 radical (unpaired) electrons. The zero-order valence-corrected chi connectivity index (χ0v) is 9.07. The Kier molecular flexibility index (Phi) is 2.47. The predicted molar refractivity (Wildman–Crippen MR) is 61.2 cm³/mol. The van der Waals surface area contributed by atoms with Crippen LogP contribution in [0.2, 0.25) is 0 Å². The second-order valence-electron chi connectivity index (χ2n) is 4.52. The molecule has 0 nitrogen and oxygen atoms in total. The van der Waals surface area contributed by atoms with Crippen molar-refractivity contribution in [3.8, 4) is 0 Å². The predicted octanol–water partition coefficient (Wildman–Crippen LogP) is 3.85. The molecule has 1 aromatic carbocycles. The molecular formula is C14H15F. The van der Waals surface area contributed by atoms with Crippen LogP contribution < -0.4 is 0 Å². The lowest BCUT2D eigenvalue weighted by atomic mass is 9.74. The maximum Gasteiger partial charge on any atom is 0.123 e. The monoisotopic (exact) mass is 202 g/mol. The summed E-state index contributed by atoms with van der Waals surface area (Å²) in [5.41, 5.74) is 1.20. The minimum Gasteiger partial charge on any atom is -0.207 e. The molecule has 2 rings (SSSR count). The van der Waals surface area contributed by atoms with Gasteiger partial charge in [0.2, 0.25) is 0 Å². The molecule has 15 heavy (non-hydrogen) atoms. The average molecular weight is 202 g/mol. The molecule has 0 aromatic heterocycles. The number of hydrogen-bond acceptors (Lipinski definition) is 0. The van der Waals surface area contributed by atoms with Crippen molar-refractivity contribution < 1.29 is 4.39 Å². The normalized spacial score (nSPS) is 16.2. The third kappa shape index (κ3) is 1.87. The van der Waals surface area contributed by atoms with Crippen molar-refractivity contribution in [2.75, 3.05) is 0 Å². The Morgan fingerprint density at radius 2 is 1.53 bits per heavy atom. The van der Waals surface area contributed by atoms with Crippen LogP contribution in [0.5, 0.6) is 0 Å². The van der Waals surface area contributed by atoms with Crippen molar-refractivity contribution in [2.45, 2.75) is 19.3 Å². The topological polar surface area (TPSA) is 0 Å². The van der Waals surface area contributed by atoms with E-state index < -0.39 is 0 Å². The van der Waals surface area contributed by atoms with E-state index in [1.54, 1.807) is 0 Å². The van der Waals surface area contributed by atoms with Crippen molar-refractivity contribution in [3.05, 3.63) is 60.0 Å². The van der Waals surface area contributed by atoms with Crippen molar-refractivity contribution in [3.63, 3.8) is 0 Å². The molecule has 0 saturated carbocycles. The van der Waals surface area contributed by atoms with E-state index in [9.17, 15) is 4.39 Å². The van der Waals surface area contributed by atoms with Crippen molar-refractivity contribution in [1.82, 2.24) is 0 Å². The van der Waals surface area contributed by atoms with Gasteiger partial charge in [-0.1, -0.05) is 50.3 Å². The molecule has 0 heterocycles. The molecule has 78 valence electrons. The molecule has 0 atom stereocenters. The highest BCUT2D eigenvalue weighted by Gasteiger charge is 2.28. The molecule has 0 amide bonds. The van der Waals surface area contributed by atoms with Crippen molar-refractivity contribution >= 4 is 0 Å². The Morgan fingerprint density at radius 1 is 1.00 bits per heavy atom. The van der Waals surface area contributed by atoms with Gasteiger partial charge in [0.05, 0.1) is 0 Å². The molecule has 0 aliphatic heterocycles. The van der Waals surface area contributed by atoms with Crippen molar-refractivity contribution in [1.29, 1.82) is 0 Å². The lowest BCUT2D eigenvalue weighted by molar-refractivity contribution is 0.447. The van der Waals surface area contributed by atoms with E-state index in [1.807, 2.05) is 12.1 Å². The van der Waals surface area contributed by atoms with Gasteiger partial charge < -0.3 is 0 Å². The second-order valence-corrected chi connectivity index (χ2v) is 4.52. The first-order valence-corrected chi connectivity index (χ1v) is 5.22. The van der Waals surface area contributed by atoms with Gasteiger partial charge in [-0.3, -0.25) is 0 Å². The van der Waals surface area contributed by atoms with Gasteiger partial charge in [0.1, 0.15) is 5.82 Å². The van der Waals surface area contributed by atoms with Gasteiger partial charge in [-0.05, 0) is 23.1 Å². The minimum atomic E-state index is -0.174. The van der Waals surface area contributed by atoms with Crippen molar-refractivity contribution in [2.24, 2.45) is 5.92 Å². The largest absolute Gasteiger partial charge is 0.207 e. The third-order valence-corrected chi connectivity index (χ3v) is 3.17. The first-order valence-electron chi connectivity index (χ1n) is 5.22. The zero-order chi connectivity index (χ0) is 10.9. The summed E-state index contributed by atoms with van der Waals surface area (Å²) in [4.78, 5) is 0. The van der Waals surface area contributed by atoms with Gasteiger partial charge in [-0.2, -0.15) is 0 Å². The zero-order valence-electron chi connectivity index (χ0n) is 9.07. The summed E-state index contributed by atoms with van der Waals surface area (Å²) in [5.74, 6) is 0.231. The Bertz CT molecular complexity index is 384. The van der Waals surface area contributed by atoms with Crippen LogP contribution in [0.4, 0.5) is 4.39 Å². The van der Waals surface area contributed by atoms with Crippen LogP contribution in [0.1, 0.15) is 19.4 Å². The van der Waals surface area contributed by atoms with Crippen LogP contribution in [-0.4, -0.2) is 0 Å². The highest BCUT2D eigenvalue weighted by Crippen LogP contribution is 2.35. The smallest absolute Gasteiger partial charge is 0.123 e. The van der Waals surface area contributed by atoms with E-state index in [1.165, 1.54) is 17.7 Å². The molecule has 0 fully saturated rings. The maximum absolute atomic E-state index is 12.8. The van der Waals surface area contributed by atoms with E-state index >= 15 is 0 Å². The molecule has 1 aromatic rings. The standard InChI is InChI=1S/C14H15F/c1-14(2,11-5-3-4-6-11)12-7-9-13(15)10-8-12/h3-11H,1-2H3. The summed E-state index contributed by atoms with van der Waals surface area (Å²) in [6.45, 7) is 4.37. The SMILES string of the molecule is CC(C)(c1ccc(F)cc1)C1C=CC=C1. The fraction of sp³-hybridized carbons (Fsp3) is 0.286.